The maximum Gasteiger partial charge on any atom is 0.159 e. The van der Waals surface area contributed by atoms with E-state index in [1.165, 1.54) is 69.9 Å². The molecule has 152 valence electrons. The van der Waals surface area contributed by atoms with Crippen molar-refractivity contribution in [1.29, 1.82) is 0 Å². The maximum absolute atomic E-state index is 13.5. The molecule has 1 aliphatic heterocycles. The molecule has 3 rings (SSSR count). The van der Waals surface area contributed by atoms with Gasteiger partial charge in [-0.2, -0.15) is 0 Å². The number of benzene rings is 1. The van der Waals surface area contributed by atoms with Crippen LogP contribution in [0.2, 0.25) is 18.1 Å². The molecule has 27 heavy (non-hydrogen) atoms. The monoisotopic (exact) mass is 392 g/mol. The van der Waals surface area contributed by atoms with Crippen LogP contribution in [0.1, 0.15) is 89.0 Å². The van der Waals surface area contributed by atoms with Crippen LogP contribution in [0.3, 0.4) is 0 Å². The van der Waals surface area contributed by atoms with Crippen molar-refractivity contribution in [3.63, 3.8) is 0 Å². The second kappa shape index (κ2) is 10.7. The van der Waals surface area contributed by atoms with Crippen LogP contribution < -0.4 is 0 Å². The predicted molar refractivity (Wildman–Crippen MR) is 114 cm³/mol. The van der Waals surface area contributed by atoms with Crippen LogP contribution in [-0.2, 0) is 0 Å². The van der Waals surface area contributed by atoms with Crippen LogP contribution in [0.4, 0.5) is 8.78 Å². The Morgan fingerprint density at radius 1 is 0.852 bits per heavy atom. The Bertz CT molecular complexity index is 557. The van der Waals surface area contributed by atoms with Crippen LogP contribution in [-0.4, -0.2) is 8.80 Å². The van der Waals surface area contributed by atoms with E-state index in [-0.39, 0.29) is 8.80 Å². The van der Waals surface area contributed by atoms with Crippen molar-refractivity contribution < 1.29 is 8.78 Å². The largest absolute Gasteiger partial charge is 0.204 e. The lowest BCUT2D eigenvalue weighted by atomic mass is 9.76. The molecule has 0 unspecified atom stereocenters. The minimum Gasteiger partial charge on any atom is -0.204 e. The molecule has 1 saturated heterocycles. The van der Waals surface area contributed by atoms with Crippen molar-refractivity contribution in [2.45, 2.75) is 102 Å². The first-order valence-corrected chi connectivity index (χ1v) is 14.1. The Balaban J connectivity index is 1.32. The molecular weight excluding hydrogens is 354 g/mol. The standard InChI is InChI=1S/C24H38F2Si/c1-2-3-4-15-27-16-13-20(14-17-27)6-5-19-7-9-21(10-8-19)22-11-12-23(25)24(26)18-22/h11-12,18-21,27H,2-10,13-17H2,1H3/t19-,20-,21-,27-. The van der Waals surface area contributed by atoms with E-state index in [4.69, 9.17) is 0 Å². The van der Waals surface area contributed by atoms with Gasteiger partial charge in [-0.05, 0) is 61.1 Å². The molecule has 0 nitrogen and oxygen atoms in total. The number of halogens is 2. The topological polar surface area (TPSA) is 0 Å². The van der Waals surface area contributed by atoms with Gasteiger partial charge in [-0.15, -0.1) is 0 Å². The highest BCUT2D eigenvalue weighted by molar-refractivity contribution is 6.58. The van der Waals surface area contributed by atoms with Crippen LogP contribution in [0.5, 0.6) is 0 Å². The molecule has 0 spiro atoms. The molecule has 0 aromatic heterocycles. The highest BCUT2D eigenvalue weighted by Crippen LogP contribution is 2.39. The van der Waals surface area contributed by atoms with Crippen molar-refractivity contribution in [1.82, 2.24) is 0 Å². The molecule has 0 bridgehead atoms. The van der Waals surface area contributed by atoms with Crippen LogP contribution in [0, 0.1) is 23.5 Å². The first-order valence-electron chi connectivity index (χ1n) is 11.6. The number of unbranched alkanes of at least 4 members (excludes halogenated alkanes) is 2. The molecule has 1 aromatic carbocycles. The van der Waals surface area contributed by atoms with Gasteiger partial charge in [0.1, 0.15) is 0 Å². The zero-order valence-corrected chi connectivity index (χ0v) is 18.4. The number of hydrogen-bond donors (Lipinski definition) is 0. The molecule has 1 aromatic rings. The van der Waals surface area contributed by atoms with Gasteiger partial charge < -0.3 is 0 Å². The summed E-state index contributed by atoms with van der Waals surface area (Å²) in [6.07, 6.45) is 15.0. The van der Waals surface area contributed by atoms with Gasteiger partial charge in [-0.1, -0.05) is 76.1 Å². The van der Waals surface area contributed by atoms with Gasteiger partial charge in [-0.3, -0.25) is 0 Å². The Morgan fingerprint density at radius 3 is 2.15 bits per heavy atom. The van der Waals surface area contributed by atoms with Gasteiger partial charge in [0.2, 0.25) is 0 Å². The number of rotatable bonds is 8. The van der Waals surface area contributed by atoms with E-state index in [2.05, 4.69) is 6.92 Å². The summed E-state index contributed by atoms with van der Waals surface area (Å²) in [5.74, 6) is 0.884. The minimum absolute atomic E-state index is 0.364. The van der Waals surface area contributed by atoms with Gasteiger partial charge in [-0.25, -0.2) is 8.78 Å². The molecule has 1 heterocycles. The molecular formula is C24H38F2Si. The highest BCUT2D eigenvalue weighted by Gasteiger charge is 2.26. The summed E-state index contributed by atoms with van der Waals surface area (Å²) in [4.78, 5) is 0. The van der Waals surface area contributed by atoms with E-state index in [1.54, 1.807) is 24.2 Å². The number of hydrogen-bond acceptors (Lipinski definition) is 0. The Hall–Kier alpha value is -0.703. The smallest absolute Gasteiger partial charge is 0.159 e. The third kappa shape index (κ3) is 6.41. The van der Waals surface area contributed by atoms with Gasteiger partial charge in [0.05, 0.1) is 0 Å². The van der Waals surface area contributed by atoms with Gasteiger partial charge >= 0.3 is 0 Å². The molecule has 1 aliphatic carbocycles. The van der Waals surface area contributed by atoms with Gasteiger partial charge in [0, 0.05) is 8.80 Å². The van der Waals surface area contributed by atoms with Gasteiger partial charge in [0.25, 0.3) is 0 Å². The maximum atomic E-state index is 13.5. The van der Waals surface area contributed by atoms with Crippen LogP contribution in [0.15, 0.2) is 18.2 Å². The summed E-state index contributed by atoms with van der Waals surface area (Å²) in [5, 5.41) is 0. The second-order valence-electron chi connectivity index (χ2n) is 9.35. The summed E-state index contributed by atoms with van der Waals surface area (Å²) in [6, 6.07) is 9.32. The lowest BCUT2D eigenvalue weighted by Crippen LogP contribution is -2.22. The van der Waals surface area contributed by atoms with Crippen molar-refractivity contribution in [3.8, 4) is 0 Å². The fraction of sp³-hybridized carbons (Fsp3) is 0.750. The molecule has 0 radical (unpaired) electrons. The third-order valence-corrected chi connectivity index (χ3v) is 11.0. The van der Waals surface area contributed by atoms with Crippen molar-refractivity contribution in [2.75, 3.05) is 0 Å². The van der Waals surface area contributed by atoms with E-state index in [9.17, 15) is 8.78 Å². The Morgan fingerprint density at radius 2 is 1.52 bits per heavy atom. The Labute approximate surface area is 166 Å². The lowest BCUT2D eigenvalue weighted by molar-refractivity contribution is 0.280. The summed E-state index contributed by atoms with van der Waals surface area (Å²) >= 11 is 0. The SMILES string of the molecule is CCCCC[Si@H]1CC[C@H](CC[C@H]2CC[C@H](c3ccc(F)c(F)c3)CC2)CC1. The van der Waals surface area contributed by atoms with E-state index in [0.29, 0.717) is 5.92 Å². The Kier molecular flexibility index (Phi) is 8.36. The van der Waals surface area contributed by atoms with Crippen molar-refractivity contribution in [2.24, 2.45) is 11.8 Å². The minimum atomic E-state index is -0.726. The van der Waals surface area contributed by atoms with Crippen molar-refractivity contribution >= 4 is 8.80 Å². The molecule has 0 amide bonds. The molecule has 1 saturated carbocycles. The summed E-state index contributed by atoms with van der Waals surface area (Å²) in [5.41, 5.74) is 0.999. The highest BCUT2D eigenvalue weighted by atomic mass is 28.3. The van der Waals surface area contributed by atoms with Gasteiger partial charge in [0.15, 0.2) is 11.6 Å². The van der Waals surface area contributed by atoms with Crippen LogP contribution >= 0.6 is 0 Å². The average Bonchev–Trinajstić information content (AvgIpc) is 2.70. The van der Waals surface area contributed by atoms with E-state index >= 15 is 0 Å². The fourth-order valence-electron chi connectivity index (χ4n) is 5.51. The second-order valence-corrected chi connectivity index (χ2v) is 12.8. The molecule has 3 heteroatoms. The summed E-state index contributed by atoms with van der Waals surface area (Å²) in [7, 11) is -0.364. The average molecular weight is 393 g/mol. The van der Waals surface area contributed by atoms with E-state index in [0.717, 1.165) is 30.2 Å². The van der Waals surface area contributed by atoms with E-state index in [1.807, 2.05) is 0 Å². The molecule has 2 fully saturated rings. The fourth-order valence-corrected chi connectivity index (χ4v) is 9.13. The first kappa shape index (κ1) is 21.0. The van der Waals surface area contributed by atoms with Crippen molar-refractivity contribution in [3.05, 3.63) is 35.4 Å². The summed E-state index contributed by atoms with van der Waals surface area (Å²) in [6.45, 7) is 2.31. The zero-order valence-electron chi connectivity index (χ0n) is 17.2. The molecule has 2 aliphatic rings. The first-order chi connectivity index (χ1) is 13.2. The van der Waals surface area contributed by atoms with Crippen LogP contribution in [0.25, 0.3) is 0 Å². The predicted octanol–water partition coefficient (Wildman–Crippen LogP) is 7.85. The zero-order chi connectivity index (χ0) is 19.1. The molecule has 0 N–H and O–H groups in total. The normalized spacial score (nSPS) is 29.0. The quantitative estimate of drug-likeness (QED) is 0.312. The lowest BCUT2D eigenvalue weighted by Gasteiger charge is -2.32. The third-order valence-electron chi connectivity index (χ3n) is 7.43. The van der Waals surface area contributed by atoms with E-state index < -0.39 is 11.6 Å². The molecule has 0 atom stereocenters. The summed E-state index contributed by atoms with van der Waals surface area (Å²) < 4.78 is 26.6.